The number of rotatable bonds is 3. The van der Waals surface area contributed by atoms with Gasteiger partial charge in [0, 0.05) is 11.5 Å². The summed E-state index contributed by atoms with van der Waals surface area (Å²) >= 11 is 0. The van der Waals surface area contributed by atoms with Crippen molar-refractivity contribution in [1.82, 2.24) is 0 Å². The van der Waals surface area contributed by atoms with Gasteiger partial charge < -0.3 is 0 Å². The number of hydrogen-bond donors (Lipinski definition) is 0. The molecule has 4 aromatic carbocycles. The fraction of sp³-hybridized carbons (Fsp3) is 0.130. The molecule has 0 unspecified atom stereocenters. The van der Waals surface area contributed by atoms with E-state index >= 15 is 4.39 Å². The Morgan fingerprint density at radius 2 is 1.37 bits per heavy atom. The maximum absolute atomic E-state index is 15.3. The van der Waals surface area contributed by atoms with Crippen LogP contribution in [0.2, 0.25) is 0 Å². The third kappa shape index (κ3) is 2.95. The zero-order valence-electron chi connectivity index (χ0n) is 14.6. The third-order valence-corrected chi connectivity index (χ3v) is 4.81. The summed E-state index contributed by atoms with van der Waals surface area (Å²) < 4.78 is 57.3. The highest BCUT2D eigenvalue weighted by atomic mass is 19.1. The Morgan fingerprint density at radius 3 is 2.04 bits per heavy atom. The van der Waals surface area contributed by atoms with Crippen molar-refractivity contribution in [3.8, 4) is 11.1 Å². The van der Waals surface area contributed by atoms with E-state index in [4.69, 9.17) is 0 Å². The molecule has 0 amide bonds. The summed E-state index contributed by atoms with van der Waals surface area (Å²) in [5, 5.41) is 2.41. The van der Waals surface area contributed by atoms with Crippen molar-refractivity contribution in [1.29, 1.82) is 0 Å². The van der Waals surface area contributed by atoms with Gasteiger partial charge in [0.1, 0.15) is 23.3 Å². The summed E-state index contributed by atoms with van der Waals surface area (Å²) in [6, 6.07) is 13.0. The Balaban J connectivity index is 2.10. The van der Waals surface area contributed by atoms with Crippen LogP contribution in [-0.2, 0) is 6.42 Å². The summed E-state index contributed by atoms with van der Waals surface area (Å²) in [4.78, 5) is 0. The molecule has 0 aliphatic carbocycles. The Hall–Kier alpha value is -2.88. The van der Waals surface area contributed by atoms with E-state index in [0.29, 0.717) is 11.5 Å². The van der Waals surface area contributed by atoms with Crippen molar-refractivity contribution in [2.24, 2.45) is 0 Å². The van der Waals surface area contributed by atoms with E-state index in [1.165, 1.54) is 6.07 Å². The first-order valence-corrected chi connectivity index (χ1v) is 8.78. The van der Waals surface area contributed by atoms with Crippen LogP contribution in [0.25, 0.3) is 32.7 Å². The predicted molar refractivity (Wildman–Crippen MR) is 101 cm³/mol. The SMILES string of the molecule is CCCc1cc2c(F)c(-c3cc(F)cc(F)c3)c(F)cc2c2ccccc12. The Bertz CT molecular complexity index is 1160. The van der Waals surface area contributed by atoms with E-state index in [1.807, 2.05) is 31.2 Å². The fourth-order valence-electron chi connectivity index (χ4n) is 3.69. The van der Waals surface area contributed by atoms with Gasteiger partial charge in [-0.05, 0) is 58.0 Å². The minimum atomic E-state index is -0.880. The van der Waals surface area contributed by atoms with Crippen molar-refractivity contribution in [3.05, 3.63) is 83.4 Å². The molecule has 0 bridgehead atoms. The van der Waals surface area contributed by atoms with Crippen molar-refractivity contribution < 1.29 is 17.6 Å². The molecule has 0 N–H and O–H groups in total. The number of halogens is 4. The van der Waals surface area contributed by atoms with Crippen molar-refractivity contribution in [2.75, 3.05) is 0 Å². The molecule has 0 aromatic heterocycles. The van der Waals surface area contributed by atoms with Gasteiger partial charge in [-0.25, -0.2) is 17.6 Å². The van der Waals surface area contributed by atoms with Crippen LogP contribution in [0.15, 0.2) is 54.6 Å². The van der Waals surface area contributed by atoms with E-state index in [0.717, 1.165) is 41.3 Å². The average Bonchev–Trinajstić information content (AvgIpc) is 2.62. The van der Waals surface area contributed by atoms with E-state index in [9.17, 15) is 13.2 Å². The Morgan fingerprint density at radius 1 is 0.704 bits per heavy atom. The number of aryl methyl sites for hydroxylation is 1. The second-order valence-corrected chi connectivity index (χ2v) is 6.63. The molecule has 136 valence electrons. The van der Waals surface area contributed by atoms with Gasteiger partial charge in [-0.2, -0.15) is 0 Å². The van der Waals surface area contributed by atoms with Crippen LogP contribution in [0, 0.1) is 23.3 Å². The van der Waals surface area contributed by atoms with Crippen LogP contribution in [-0.4, -0.2) is 0 Å². The van der Waals surface area contributed by atoms with Gasteiger partial charge >= 0.3 is 0 Å². The smallest absolute Gasteiger partial charge is 0.141 e. The van der Waals surface area contributed by atoms with E-state index in [1.54, 1.807) is 6.07 Å². The summed E-state index contributed by atoms with van der Waals surface area (Å²) in [6.07, 6.45) is 1.62. The van der Waals surface area contributed by atoms with Gasteiger partial charge in [-0.3, -0.25) is 0 Å². The second-order valence-electron chi connectivity index (χ2n) is 6.63. The van der Waals surface area contributed by atoms with Crippen LogP contribution in [0.4, 0.5) is 17.6 Å². The third-order valence-electron chi connectivity index (χ3n) is 4.81. The number of benzene rings is 4. The molecule has 0 spiro atoms. The number of fused-ring (bicyclic) bond motifs is 3. The van der Waals surface area contributed by atoms with Gasteiger partial charge in [-0.15, -0.1) is 0 Å². The molecule has 0 aliphatic rings. The Kier molecular flexibility index (Phi) is 4.34. The second kappa shape index (κ2) is 6.69. The van der Waals surface area contributed by atoms with Gasteiger partial charge in [-0.1, -0.05) is 37.6 Å². The summed E-state index contributed by atoms with van der Waals surface area (Å²) in [7, 11) is 0. The fourth-order valence-corrected chi connectivity index (χ4v) is 3.69. The summed E-state index contributed by atoms with van der Waals surface area (Å²) in [6.45, 7) is 2.03. The highest BCUT2D eigenvalue weighted by Gasteiger charge is 2.19. The molecule has 0 nitrogen and oxygen atoms in total. The lowest BCUT2D eigenvalue weighted by Crippen LogP contribution is -1.97. The van der Waals surface area contributed by atoms with Crippen LogP contribution in [0.1, 0.15) is 18.9 Å². The van der Waals surface area contributed by atoms with Crippen LogP contribution in [0.3, 0.4) is 0 Å². The lowest BCUT2D eigenvalue weighted by molar-refractivity contribution is 0.580. The first-order chi connectivity index (χ1) is 13.0. The molecular formula is C23H16F4. The van der Waals surface area contributed by atoms with Crippen LogP contribution >= 0.6 is 0 Å². The molecule has 27 heavy (non-hydrogen) atoms. The average molecular weight is 368 g/mol. The minimum Gasteiger partial charge on any atom is -0.207 e. The molecule has 0 saturated heterocycles. The van der Waals surface area contributed by atoms with Crippen LogP contribution < -0.4 is 0 Å². The Labute approximate surface area is 154 Å². The quantitative estimate of drug-likeness (QED) is 0.266. The molecule has 0 radical (unpaired) electrons. The molecule has 4 heteroatoms. The molecule has 0 fully saturated rings. The van der Waals surface area contributed by atoms with E-state index in [-0.39, 0.29) is 10.9 Å². The zero-order valence-corrected chi connectivity index (χ0v) is 14.6. The van der Waals surface area contributed by atoms with Crippen molar-refractivity contribution >= 4 is 21.5 Å². The summed E-state index contributed by atoms with van der Waals surface area (Å²) in [5.41, 5.74) is 0.385. The molecule has 0 aliphatic heterocycles. The van der Waals surface area contributed by atoms with Gasteiger partial charge in [0.2, 0.25) is 0 Å². The topological polar surface area (TPSA) is 0 Å². The van der Waals surface area contributed by atoms with Gasteiger partial charge in [0.25, 0.3) is 0 Å². The van der Waals surface area contributed by atoms with Crippen molar-refractivity contribution in [3.63, 3.8) is 0 Å². The first-order valence-electron chi connectivity index (χ1n) is 8.78. The lowest BCUT2D eigenvalue weighted by Gasteiger charge is -2.14. The molecule has 4 rings (SSSR count). The zero-order chi connectivity index (χ0) is 19.1. The summed E-state index contributed by atoms with van der Waals surface area (Å²) in [5.74, 6) is -3.42. The highest BCUT2D eigenvalue weighted by molar-refractivity contribution is 6.10. The molecule has 4 aromatic rings. The van der Waals surface area contributed by atoms with Crippen molar-refractivity contribution in [2.45, 2.75) is 19.8 Å². The van der Waals surface area contributed by atoms with E-state index in [2.05, 4.69) is 0 Å². The normalized spacial score (nSPS) is 11.4. The molecule has 0 heterocycles. The van der Waals surface area contributed by atoms with Crippen LogP contribution in [0.5, 0.6) is 0 Å². The standard InChI is InChI=1S/C23H16F4/c1-2-5-13-10-20-19(18-7-4-3-6-17(13)18)12-21(26)22(23(20)27)14-8-15(24)11-16(25)9-14/h3-4,6-12H,2,5H2,1H3. The first kappa shape index (κ1) is 17.5. The molecular weight excluding hydrogens is 352 g/mol. The largest absolute Gasteiger partial charge is 0.207 e. The lowest BCUT2D eigenvalue weighted by atomic mass is 9.92. The molecule has 0 atom stereocenters. The minimum absolute atomic E-state index is 0.158. The maximum atomic E-state index is 15.3. The molecule has 0 saturated carbocycles. The maximum Gasteiger partial charge on any atom is 0.141 e. The van der Waals surface area contributed by atoms with Gasteiger partial charge in [0.15, 0.2) is 0 Å². The highest BCUT2D eigenvalue weighted by Crippen LogP contribution is 2.37. The van der Waals surface area contributed by atoms with Gasteiger partial charge in [0.05, 0.1) is 5.56 Å². The van der Waals surface area contributed by atoms with E-state index < -0.39 is 28.8 Å². The number of hydrogen-bond acceptors (Lipinski definition) is 0. The predicted octanol–water partition coefficient (Wildman–Crippen LogP) is 7.17. The monoisotopic (exact) mass is 368 g/mol.